The molecule has 0 spiro atoms. The van der Waals surface area contributed by atoms with Crippen LogP contribution in [0.25, 0.3) is 0 Å². The van der Waals surface area contributed by atoms with Crippen LogP contribution in [0, 0.1) is 34.6 Å². The highest BCUT2D eigenvalue weighted by Gasteiger charge is 2.12. The Kier molecular flexibility index (Phi) is 4.77. The third-order valence-electron chi connectivity index (χ3n) is 4.21. The summed E-state index contributed by atoms with van der Waals surface area (Å²) < 4.78 is 1.14. The van der Waals surface area contributed by atoms with E-state index >= 15 is 0 Å². The normalized spacial score (nSPS) is 12.3. The number of rotatable bonds is 3. The second-order valence-electron chi connectivity index (χ2n) is 6.07. The minimum atomic E-state index is 0.294. The predicted octanol–water partition coefficient (Wildman–Crippen LogP) is 6.16. The number of nitrogens with one attached hydrogen (secondary N) is 1. The molecule has 0 saturated heterocycles. The van der Waals surface area contributed by atoms with E-state index in [-0.39, 0.29) is 0 Å². The average molecular weight is 346 g/mol. The molecule has 1 unspecified atom stereocenters. The van der Waals surface area contributed by atoms with Crippen molar-refractivity contribution >= 4 is 21.6 Å². The molecule has 0 radical (unpaired) electrons. The maximum atomic E-state index is 3.69. The molecule has 0 heterocycles. The van der Waals surface area contributed by atoms with Crippen molar-refractivity contribution in [1.82, 2.24) is 0 Å². The van der Waals surface area contributed by atoms with Crippen LogP contribution >= 0.6 is 15.9 Å². The number of benzene rings is 2. The lowest BCUT2D eigenvalue weighted by Crippen LogP contribution is -2.11. The zero-order valence-corrected chi connectivity index (χ0v) is 15.4. The van der Waals surface area contributed by atoms with E-state index < -0.39 is 0 Å². The van der Waals surface area contributed by atoms with Gasteiger partial charge in [0.1, 0.15) is 0 Å². The average Bonchev–Trinajstić information content (AvgIpc) is 2.37. The number of hydrogen-bond acceptors (Lipinski definition) is 1. The minimum Gasteiger partial charge on any atom is -0.378 e. The van der Waals surface area contributed by atoms with Gasteiger partial charge in [-0.1, -0.05) is 28.1 Å². The smallest absolute Gasteiger partial charge is 0.0488 e. The van der Waals surface area contributed by atoms with Crippen molar-refractivity contribution in [2.75, 3.05) is 5.32 Å². The molecule has 0 aromatic heterocycles. The Morgan fingerprint density at radius 3 is 1.86 bits per heavy atom. The van der Waals surface area contributed by atoms with E-state index in [0.29, 0.717) is 6.04 Å². The second-order valence-corrected chi connectivity index (χ2v) is 6.99. The van der Waals surface area contributed by atoms with E-state index in [1.807, 2.05) is 0 Å². The summed E-state index contributed by atoms with van der Waals surface area (Å²) in [7, 11) is 0. The van der Waals surface area contributed by atoms with Gasteiger partial charge in [-0.25, -0.2) is 0 Å². The van der Waals surface area contributed by atoms with Crippen molar-refractivity contribution in [3.05, 3.63) is 62.1 Å². The zero-order valence-electron chi connectivity index (χ0n) is 13.8. The summed E-state index contributed by atoms with van der Waals surface area (Å²) in [5.74, 6) is 0. The lowest BCUT2D eigenvalue weighted by Gasteiger charge is -2.22. The molecule has 0 saturated carbocycles. The van der Waals surface area contributed by atoms with Crippen LogP contribution in [0.15, 0.2) is 28.7 Å². The molecule has 1 nitrogen and oxygen atoms in total. The first kappa shape index (κ1) is 16.1. The van der Waals surface area contributed by atoms with E-state index in [1.165, 1.54) is 39.1 Å². The van der Waals surface area contributed by atoms with Crippen LogP contribution in [0.3, 0.4) is 0 Å². The van der Waals surface area contributed by atoms with Gasteiger partial charge in [-0.2, -0.15) is 0 Å². The molecular formula is C19H24BrN. The Labute approximate surface area is 136 Å². The van der Waals surface area contributed by atoms with Gasteiger partial charge in [0.2, 0.25) is 0 Å². The Hall–Kier alpha value is -1.28. The van der Waals surface area contributed by atoms with Crippen LogP contribution in [-0.4, -0.2) is 0 Å². The maximum Gasteiger partial charge on any atom is 0.0488 e. The summed E-state index contributed by atoms with van der Waals surface area (Å²) in [6.45, 7) is 13.1. The highest BCUT2D eigenvalue weighted by molar-refractivity contribution is 9.10. The molecule has 1 atom stereocenters. The van der Waals surface area contributed by atoms with Crippen LogP contribution in [0.1, 0.15) is 46.3 Å². The van der Waals surface area contributed by atoms with Gasteiger partial charge in [-0.05, 0) is 87.1 Å². The van der Waals surface area contributed by atoms with E-state index in [1.54, 1.807) is 0 Å². The van der Waals surface area contributed by atoms with Crippen molar-refractivity contribution in [1.29, 1.82) is 0 Å². The van der Waals surface area contributed by atoms with E-state index in [9.17, 15) is 0 Å². The van der Waals surface area contributed by atoms with Gasteiger partial charge in [-0.3, -0.25) is 0 Å². The topological polar surface area (TPSA) is 12.0 Å². The molecule has 2 aromatic rings. The van der Waals surface area contributed by atoms with Gasteiger partial charge in [0.25, 0.3) is 0 Å². The SMILES string of the molecule is Cc1cc(C)c(C(C)Nc2c(C)cc(Br)cc2C)cc1C. The summed E-state index contributed by atoms with van der Waals surface area (Å²) in [5, 5.41) is 3.69. The summed E-state index contributed by atoms with van der Waals surface area (Å²) in [4.78, 5) is 0. The highest BCUT2D eigenvalue weighted by Crippen LogP contribution is 2.30. The largest absolute Gasteiger partial charge is 0.378 e. The fraction of sp³-hybridized carbons (Fsp3) is 0.368. The first-order valence-electron chi connectivity index (χ1n) is 7.40. The van der Waals surface area contributed by atoms with Crippen LogP contribution < -0.4 is 5.32 Å². The molecule has 112 valence electrons. The number of hydrogen-bond donors (Lipinski definition) is 1. The molecule has 2 aromatic carbocycles. The predicted molar refractivity (Wildman–Crippen MR) is 96.3 cm³/mol. The van der Waals surface area contributed by atoms with Crippen LogP contribution in [0.2, 0.25) is 0 Å². The van der Waals surface area contributed by atoms with Crippen LogP contribution in [-0.2, 0) is 0 Å². The van der Waals surface area contributed by atoms with Crippen LogP contribution in [0.5, 0.6) is 0 Å². The Morgan fingerprint density at radius 2 is 1.29 bits per heavy atom. The van der Waals surface area contributed by atoms with Gasteiger partial charge in [0.15, 0.2) is 0 Å². The molecule has 1 N–H and O–H groups in total. The van der Waals surface area contributed by atoms with Crippen LogP contribution in [0.4, 0.5) is 5.69 Å². The van der Waals surface area contributed by atoms with Crippen molar-refractivity contribution in [2.45, 2.75) is 47.6 Å². The second kappa shape index (κ2) is 6.23. The molecule has 0 fully saturated rings. The molecule has 2 heteroatoms. The quantitative estimate of drug-likeness (QED) is 0.701. The molecule has 0 aliphatic rings. The lowest BCUT2D eigenvalue weighted by molar-refractivity contribution is 0.866. The van der Waals surface area contributed by atoms with Crippen molar-refractivity contribution < 1.29 is 0 Å². The molecule has 0 aliphatic carbocycles. The Bertz CT molecular complexity index is 651. The fourth-order valence-corrected chi connectivity index (χ4v) is 3.57. The number of halogens is 1. The maximum absolute atomic E-state index is 3.69. The Morgan fingerprint density at radius 1 is 0.762 bits per heavy atom. The van der Waals surface area contributed by atoms with E-state index in [0.717, 1.165) is 4.47 Å². The first-order valence-corrected chi connectivity index (χ1v) is 8.20. The third kappa shape index (κ3) is 3.49. The lowest BCUT2D eigenvalue weighted by atomic mass is 9.96. The van der Waals surface area contributed by atoms with Gasteiger partial charge in [0, 0.05) is 16.2 Å². The van der Waals surface area contributed by atoms with Gasteiger partial charge in [0.05, 0.1) is 0 Å². The molecule has 0 amide bonds. The van der Waals surface area contributed by atoms with Gasteiger partial charge < -0.3 is 5.32 Å². The standard InChI is InChI=1S/C19H24BrN/c1-11-7-13(3)18(10-12(11)2)16(6)21-19-14(4)8-17(20)9-15(19)5/h7-10,16,21H,1-6H3. The summed E-state index contributed by atoms with van der Waals surface area (Å²) in [6.07, 6.45) is 0. The van der Waals surface area contributed by atoms with Crippen molar-refractivity contribution in [3.63, 3.8) is 0 Å². The van der Waals surface area contributed by atoms with Gasteiger partial charge in [-0.15, -0.1) is 0 Å². The first-order chi connectivity index (χ1) is 9.79. The van der Waals surface area contributed by atoms with E-state index in [2.05, 4.69) is 87.1 Å². The number of aryl methyl sites for hydroxylation is 5. The summed E-state index contributed by atoms with van der Waals surface area (Å²) in [5.41, 5.74) is 9.23. The molecule has 0 bridgehead atoms. The fourth-order valence-electron chi connectivity index (χ4n) is 2.88. The molecule has 21 heavy (non-hydrogen) atoms. The van der Waals surface area contributed by atoms with E-state index in [4.69, 9.17) is 0 Å². The zero-order chi connectivity index (χ0) is 15.7. The number of anilines is 1. The highest BCUT2D eigenvalue weighted by atomic mass is 79.9. The molecule has 0 aliphatic heterocycles. The Balaban J connectivity index is 2.35. The van der Waals surface area contributed by atoms with Crippen molar-refractivity contribution in [3.8, 4) is 0 Å². The summed E-state index contributed by atoms with van der Waals surface area (Å²) >= 11 is 3.56. The monoisotopic (exact) mass is 345 g/mol. The molecular weight excluding hydrogens is 322 g/mol. The molecule has 2 rings (SSSR count). The summed E-state index contributed by atoms with van der Waals surface area (Å²) in [6, 6.07) is 9.21. The van der Waals surface area contributed by atoms with Gasteiger partial charge >= 0.3 is 0 Å². The van der Waals surface area contributed by atoms with Crippen molar-refractivity contribution in [2.24, 2.45) is 0 Å². The minimum absolute atomic E-state index is 0.294. The third-order valence-corrected chi connectivity index (χ3v) is 4.67.